The Kier molecular flexibility index (Phi) is 7.60. The van der Waals surface area contributed by atoms with Gasteiger partial charge in [0.1, 0.15) is 18.3 Å². The van der Waals surface area contributed by atoms with E-state index in [2.05, 4.69) is 47.6 Å². The maximum atomic E-state index is 12.9. The molecule has 1 heterocycles. The number of carboxylic acid groups (broad SMARTS) is 1. The lowest BCUT2D eigenvalue weighted by Crippen LogP contribution is -2.66. The Morgan fingerprint density at radius 3 is 2.30 bits per heavy atom. The number of carboxylic acids is 1. The number of ether oxygens (including phenoxy) is 2. The lowest BCUT2D eigenvalue weighted by atomic mass is 9.33. The van der Waals surface area contributed by atoms with Crippen molar-refractivity contribution in [1.82, 2.24) is 0 Å². The summed E-state index contributed by atoms with van der Waals surface area (Å²) in [6.45, 7) is 13.9. The van der Waals surface area contributed by atoms with Gasteiger partial charge in [0, 0.05) is 5.41 Å². The van der Waals surface area contributed by atoms with Crippen LogP contribution in [0.5, 0.6) is 0 Å². The van der Waals surface area contributed by atoms with Gasteiger partial charge in [-0.1, -0.05) is 53.2 Å². The van der Waals surface area contributed by atoms with Gasteiger partial charge in [-0.05, 0) is 104 Å². The maximum Gasteiger partial charge on any atom is 0.310 e. The van der Waals surface area contributed by atoms with Gasteiger partial charge in [-0.25, -0.2) is 0 Å². The highest BCUT2D eigenvalue weighted by atomic mass is 16.7. The number of hydrogen-bond donors (Lipinski definition) is 5. The van der Waals surface area contributed by atoms with E-state index < -0.39 is 41.4 Å². The molecule has 4 saturated carbocycles. The number of fused-ring (bicyclic) bond motifs is 7. The van der Waals surface area contributed by atoms with Gasteiger partial charge in [-0.2, -0.15) is 0 Å². The predicted octanol–water partition coefficient (Wildman–Crippen LogP) is 4.67. The van der Waals surface area contributed by atoms with Crippen LogP contribution in [0.15, 0.2) is 11.6 Å². The monoisotopic (exact) mass is 604 g/mol. The molecule has 5 aliphatic carbocycles. The van der Waals surface area contributed by atoms with Crippen LogP contribution in [-0.4, -0.2) is 75.4 Å². The van der Waals surface area contributed by atoms with E-state index in [4.69, 9.17) is 9.47 Å². The molecular weight excluding hydrogens is 548 g/mol. The second-order valence-corrected chi connectivity index (χ2v) is 17.3. The zero-order valence-electron chi connectivity index (χ0n) is 27.1. The fourth-order valence-corrected chi connectivity index (χ4v) is 11.9. The zero-order chi connectivity index (χ0) is 31.4. The van der Waals surface area contributed by atoms with E-state index in [0.717, 1.165) is 57.8 Å². The summed E-state index contributed by atoms with van der Waals surface area (Å²) in [4.78, 5) is 12.9. The highest BCUT2D eigenvalue weighted by Gasteiger charge is 2.70. The number of rotatable bonds is 4. The van der Waals surface area contributed by atoms with Crippen LogP contribution >= 0.6 is 0 Å². The first kappa shape index (κ1) is 31.9. The standard InChI is InChI=1S/C35H56O8/c1-30(2)13-15-35(29(40)41)16-14-33(5)20(21(35)17-30)7-8-24-31(3)11-10-25(43-28-27(39)26(38)22(37)18-42-28)32(4,19-36)23(31)9-12-34(24,33)6/h7,21-28,36-39H,8-19H2,1-6H3,(H,40,41)/t21?,22-,23?,24?,25-,26-,27+,28-,31-,32-,33?,34+,35-/m0/s1. The summed E-state index contributed by atoms with van der Waals surface area (Å²) in [6, 6.07) is 0. The van der Waals surface area contributed by atoms with Crippen molar-refractivity contribution in [1.29, 1.82) is 0 Å². The lowest BCUT2D eigenvalue weighted by molar-refractivity contribution is -0.312. The van der Waals surface area contributed by atoms with Gasteiger partial charge in [-0.3, -0.25) is 4.79 Å². The van der Waals surface area contributed by atoms with E-state index in [1.807, 2.05) is 0 Å². The molecule has 0 bridgehead atoms. The number of carbonyl (C=O) groups is 1. The van der Waals surface area contributed by atoms with E-state index in [0.29, 0.717) is 12.3 Å². The molecule has 5 N–H and O–H groups in total. The number of aliphatic carboxylic acids is 1. The molecule has 244 valence electrons. The van der Waals surface area contributed by atoms with Crippen LogP contribution in [0.4, 0.5) is 0 Å². The highest BCUT2D eigenvalue weighted by molar-refractivity contribution is 5.76. The minimum atomic E-state index is -1.36. The molecule has 8 heteroatoms. The first-order chi connectivity index (χ1) is 20.0. The van der Waals surface area contributed by atoms with E-state index in [9.17, 15) is 30.3 Å². The first-order valence-electron chi connectivity index (χ1n) is 16.9. The fraction of sp³-hybridized carbons (Fsp3) is 0.914. The summed E-state index contributed by atoms with van der Waals surface area (Å²) in [5.74, 6) is 0.0529. The van der Waals surface area contributed by atoms with Gasteiger partial charge in [0.15, 0.2) is 6.29 Å². The van der Waals surface area contributed by atoms with Crippen LogP contribution < -0.4 is 0 Å². The third-order valence-electron chi connectivity index (χ3n) is 14.9. The molecule has 0 amide bonds. The normalized spacial score (nSPS) is 54.3. The number of hydrogen-bond acceptors (Lipinski definition) is 7. The largest absolute Gasteiger partial charge is 0.481 e. The summed E-state index contributed by atoms with van der Waals surface area (Å²) in [5, 5.41) is 52.3. The average Bonchev–Trinajstić information content (AvgIpc) is 2.94. The van der Waals surface area contributed by atoms with Gasteiger partial charge >= 0.3 is 5.97 Å². The molecule has 1 aliphatic heterocycles. The average molecular weight is 605 g/mol. The van der Waals surface area contributed by atoms with Crippen molar-refractivity contribution < 1.29 is 39.8 Å². The van der Waals surface area contributed by atoms with Crippen molar-refractivity contribution in [3.05, 3.63) is 11.6 Å². The van der Waals surface area contributed by atoms with E-state index in [1.54, 1.807) is 0 Å². The molecule has 4 unspecified atom stereocenters. The second-order valence-electron chi connectivity index (χ2n) is 17.3. The van der Waals surface area contributed by atoms with Crippen LogP contribution in [0.3, 0.4) is 0 Å². The topological polar surface area (TPSA) is 137 Å². The fourth-order valence-electron chi connectivity index (χ4n) is 11.9. The van der Waals surface area contributed by atoms with Gasteiger partial charge < -0.3 is 35.0 Å². The van der Waals surface area contributed by atoms with Crippen molar-refractivity contribution in [2.24, 2.45) is 50.2 Å². The Balaban J connectivity index is 1.32. The van der Waals surface area contributed by atoms with Crippen LogP contribution in [0.1, 0.15) is 106 Å². The molecule has 43 heavy (non-hydrogen) atoms. The number of aliphatic hydroxyl groups excluding tert-OH is 4. The quantitative estimate of drug-likeness (QED) is 0.231. The molecule has 0 aromatic carbocycles. The van der Waals surface area contributed by atoms with Crippen molar-refractivity contribution >= 4 is 5.97 Å². The lowest BCUT2D eigenvalue weighted by Gasteiger charge is -2.71. The molecule has 5 fully saturated rings. The highest BCUT2D eigenvalue weighted by Crippen LogP contribution is 2.76. The van der Waals surface area contributed by atoms with Gasteiger partial charge in [0.05, 0.1) is 24.7 Å². The van der Waals surface area contributed by atoms with Crippen molar-refractivity contribution in [2.45, 2.75) is 136 Å². The van der Waals surface area contributed by atoms with Gasteiger partial charge in [0.2, 0.25) is 0 Å². The SMILES string of the molecule is CC1(C)CC[C@]2(C(=O)O)CCC3(C)C(=CCC4[C@@]5(C)CC[C@H](O[C@@H]6OC[C@H](O)[C@H](O)[C@H]6O)[C@@](C)(CO)C5CC[C@]43C)C2C1. The first-order valence-corrected chi connectivity index (χ1v) is 16.9. The predicted molar refractivity (Wildman–Crippen MR) is 161 cm³/mol. The Labute approximate surface area is 257 Å². The molecule has 13 atom stereocenters. The molecule has 6 rings (SSSR count). The summed E-state index contributed by atoms with van der Waals surface area (Å²) < 4.78 is 12.0. The van der Waals surface area contributed by atoms with Crippen LogP contribution in [0, 0.1) is 50.2 Å². The number of allylic oxidation sites excluding steroid dienone is 2. The number of aliphatic hydroxyl groups is 4. The van der Waals surface area contributed by atoms with Crippen molar-refractivity contribution in [3.63, 3.8) is 0 Å². The second kappa shape index (κ2) is 10.2. The molecule has 8 nitrogen and oxygen atoms in total. The molecule has 1 saturated heterocycles. The molecular formula is C35H56O8. The third kappa shape index (κ3) is 4.32. The van der Waals surface area contributed by atoms with Crippen LogP contribution in [0.25, 0.3) is 0 Å². The molecule has 0 radical (unpaired) electrons. The molecule has 0 aromatic rings. The Morgan fingerprint density at radius 1 is 0.930 bits per heavy atom. The Bertz CT molecular complexity index is 1150. The van der Waals surface area contributed by atoms with Crippen LogP contribution in [-0.2, 0) is 14.3 Å². The Hall–Kier alpha value is -1.03. The van der Waals surface area contributed by atoms with Crippen LogP contribution in [0.2, 0.25) is 0 Å². The Morgan fingerprint density at radius 2 is 1.63 bits per heavy atom. The molecule has 0 aromatic heterocycles. The van der Waals surface area contributed by atoms with Gasteiger partial charge in [0.25, 0.3) is 0 Å². The van der Waals surface area contributed by atoms with E-state index in [-0.39, 0.29) is 52.8 Å². The smallest absolute Gasteiger partial charge is 0.310 e. The summed E-state index contributed by atoms with van der Waals surface area (Å²) in [6.07, 6.45) is 6.03. The van der Waals surface area contributed by atoms with Crippen molar-refractivity contribution in [2.75, 3.05) is 13.2 Å². The maximum absolute atomic E-state index is 12.9. The molecule has 0 spiro atoms. The van der Waals surface area contributed by atoms with Gasteiger partial charge in [-0.15, -0.1) is 0 Å². The zero-order valence-corrected chi connectivity index (χ0v) is 27.1. The third-order valence-corrected chi connectivity index (χ3v) is 14.9. The summed E-state index contributed by atoms with van der Waals surface area (Å²) in [5.41, 5.74) is 0.232. The summed E-state index contributed by atoms with van der Waals surface area (Å²) >= 11 is 0. The molecule has 6 aliphatic rings. The summed E-state index contributed by atoms with van der Waals surface area (Å²) in [7, 11) is 0. The minimum absolute atomic E-state index is 0.0154. The van der Waals surface area contributed by atoms with E-state index >= 15 is 0 Å². The van der Waals surface area contributed by atoms with Crippen molar-refractivity contribution in [3.8, 4) is 0 Å². The minimum Gasteiger partial charge on any atom is -0.481 e. The van der Waals surface area contributed by atoms with E-state index in [1.165, 1.54) is 5.57 Å².